The first kappa shape index (κ1) is 22.9. The van der Waals surface area contributed by atoms with Crippen LogP contribution in [0.5, 0.6) is 5.75 Å². The van der Waals surface area contributed by atoms with Crippen LogP contribution in [0.4, 0.5) is 13.2 Å². The molecule has 174 valence electrons. The quantitative estimate of drug-likeness (QED) is 0.598. The van der Waals surface area contributed by atoms with Gasteiger partial charge in [-0.3, -0.25) is 9.69 Å². The topological polar surface area (TPSA) is 49.8 Å². The normalized spacial score (nSPS) is 23.4. The maximum Gasteiger partial charge on any atom is 0.420 e. The molecule has 1 saturated heterocycles. The van der Waals surface area contributed by atoms with Crippen molar-refractivity contribution in [2.75, 3.05) is 13.1 Å². The lowest BCUT2D eigenvalue weighted by atomic mass is 9.89. The Balaban J connectivity index is 1.59. The van der Waals surface area contributed by atoms with E-state index < -0.39 is 17.7 Å². The van der Waals surface area contributed by atoms with E-state index in [1.807, 2.05) is 6.07 Å². The SMILES string of the molecule is CC1CCC(Oc2ccc3ccc(CN4CCC(C(=O)O)CC4)cc3c2C(F)(F)F)CC1. The van der Waals surface area contributed by atoms with Crippen LogP contribution < -0.4 is 4.74 Å². The number of alkyl halides is 3. The number of carbonyl (C=O) groups is 1. The molecular formula is C25H30F3NO3. The number of ether oxygens (including phenoxy) is 1. The van der Waals surface area contributed by atoms with Crippen molar-refractivity contribution >= 4 is 16.7 Å². The van der Waals surface area contributed by atoms with E-state index in [-0.39, 0.29) is 23.2 Å². The summed E-state index contributed by atoms with van der Waals surface area (Å²) in [5.74, 6) is -0.590. The molecular weight excluding hydrogens is 419 g/mol. The molecule has 1 heterocycles. The largest absolute Gasteiger partial charge is 0.490 e. The number of carboxylic acids is 1. The van der Waals surface area contributed by atoms with Gasteiger partial charge in [-0.05, 0) is 86.0 Å². The smallest absolute Gasteiger partial charge is 0.420 e. The highest BCUT2D eigenvalue weighted by Gasteiger charge is 2.37. The van der Waals surface area contributed by atoms with Crippen LogP contribution >= 0.6 is 0 Å². The number of likely N-dealkylation sites (tertiary alicyclic amines) is 1. The van der Waals surface area contributed by atoms with E-state index in [0.717, 1.165) is 31.2 Å². The zero-order valence-electron chi connectivity index (χ0n) is 18.3. The van der Waals surface area contributed by atoms with E-state index in [0.29, 0.717) is 43.8 Å². The van der Waals surface area contributed by atoms with E-state index in [1.54, 1.807) is 18.2 Å². The van der Waals surface area contributed by atoms with Gasteiger partial charge in [-0.15, -0.1) is 0 Å². The molecule has 1 N–H and O–H groups in total. The van der Waals surface area contributed by atoms with Gasteiger partial charge < -0.3 is 9.84 Å². The van der Waals surface area contributed by atoms with Crippen LogP contribution in [0.25, 0.3) is 10.8 Å². The molecule has 1 saturated carbocycles. The van der Waals surface area contributed by atoms with Crippen molar-refractivity contribution < 1.29 is 27.8 Å². The number of nitrogens with zero attached hydrogens (tertiary/aromatic N) is 1. The van der Waals surface area contributed by atoms with Crippen LogP contribution in [0, 0.1) is 11.8 Å². The third-order valence-corrected chi connectivity index (χ3v) is 6.93. The molecule has 0 bridgehead atoms. The maximum atomic E-state index is 14.2. The Morgan fingerprint density at radius 3 is 2.34 bits per heavy atom. The number of halogens is 3. The van der Waals surface area contributed by atoms with Crippen LogP contribution in [-0.4, -0.2) is 35.2 Å². The molecule has 4 nitrogen and oxygen atoms in total. The third kappa shape index (κ3) is 5.20. The van der Waals surface area contributed by atoms with Crippen LogP contribution in [0.15, 0.2) is 30.3 Å². The molecule has 2 aliphatic rings. The first-order valence-corrected chi connectivity index (χ1v) is 11.5. The minimum Gasteiger partial charge on any atom is -0.490 e. The van der Waals surface area contributed by atoms with Gasteiger partial charge in [0, 0.05) is 6.54 Å². The van der Waals surface area contributed by atoms with Gasteiger partial charge >= 0.3 is 12.1 Å². The summed E-state index contributed by atoms with van der Waals surface area (Å²) in [5, 5.41) is 9.86. The van der Waals surface area contributed by atoms with Crippen molar-refractivity contribution in [2.24, 2.45) is 11.8 Å². The molecule has 0 spiro atoms. The summed E-state index contributed by atoms with van der Waals surface area (Å²) in [6.07, 6.45) is -0.0573. The van der Waals surface area contributed by atoms with E-state index in [1.165, 1.54) is 6.07 Å². The zero-order valence-corrected chi connectivity index (χ0v) is 18.3. The van der Waals surface area contributed by atoms with Gasteiger partial charge in [0.15, 0.2) is 0 Å². The summed E-state index contributed by atoms with van der Waals surface area (Å²) in [4.78, 5) is 13.3. The number of benzene rings is 2. The summed E-state index contributed by atoms with van der Waals surface area (Å²) in [7, 11) is 0. The number of carboxylic acid groups (broad SMARTS) is 1. The molecule has 2 aromatic rings. The van der Waals surface area contributed by atoms with Crippen LogP contribution in [0.2, 0.25) is 0 Å². The van der Waals surface area contributed by atoms with Gasteiger partial charge in [0.1, 0.15) is 11.3 Å². The molecule has 1 aliphatic heterocycles. The first-order valence-electron chi connectivity index (χ1n) is 11.5. The van der Waals surface area contributed by atoms with Gasteiger partial charge in [-0.2, -0.15) is 13.2 Å². The number of piperidine rings is 1. The third-order valence-electron chi connectivity index (χ3n) is 6.93. The van der Waals surface area contributed by atoms with Crippen molar-refractivity contribution in [1.29, 1.82) is 0 Å². The molecule has 1 aliphatic carbocycles. The number of fused-ring (bicyclic) bond motifs is 1. The van der Waals surface area contributed by atoms with Gasteiger partial charge in [0.2, 0.25) is 0 Å². The van der Waals surface area contributed by atoms with Gasteiger partial charge in [0.05, 0.1) is 12.0 Å². The molecule has 0 radical (unpaired) electrons. The lowest BCUT2D eigenvalue weighted by Gasteiger charge is -2.30. The second-order valence-electron chi connectivity index (χ2n) is 9.38. The molecule has 0 unspecified atom stereocenters. The molecule has 2 fully saturated rings. The van der Waals surface area contributed by atoms with Crippen molar-refractivity contribution in [3.8, 4) is 5.75 Å². The monoisotopic (exact) mass is 449 g/mol. The highest BCUT2D eigenvalue weighted by Crippen LogP contribution is 2.43. The molecule has 32 heavy (non-hydrogen) atoms. The Morgan fingerprint density at radius 2 is 1.72 bits per heavy atom. The van der Waals surface area contributed by atoms with Crippen LogP contribution in [-0.2, 0) is 17.5 Å². The Kier molecular flexibility index (Phi) is 6.65. The lowest BCUT2D eigenvalue weighted by Crippen LogP contribution is -2.35. The molecule has 0 atom stereocenters. The van der Waals surface area contributed by atoms with Crippen LogP contribution in [0.1, 0.15) is 56.6 Å². The molecule has 4 rings (SSSR count). The fraction of sp³-hybridized carbons (Fsp3) is 0.560. The fourth-order valence-corrected chi connectivity index (χ4v) is 4.96. The predicted molar refractivity (Wildman–Crippen MR) is 117 cm³/mol. The van der Waals surface area contributed by atoms with E-state index in [9.17, 15) is 18.0 Å². The summed E-state index contributed by atoms with van der Waals surface area (Å²) in [5.41, 5.74) is 0.0977. The van der Waals surface area contributed by atoms with Crippen molar-refractivity contribution in [3.05, 3.63) is 41.5 Å². The Morgan fingerprint density at radius 1 is 1.06 bits per heavy atom. The number of hydrogen-bond donors (Lipinski definition) is 1. The zero-order chi connectivity index (χ0) is 22.9. The molecule has 2 aromatic carbocycles. The molecule has 0 aromatic heterocycles. The summed E-state index contributed by atoms with van der Waals surface area (Å²) < 4.78 is 48.4. The summed E-state index contributed by atoms with van der Waals surface area (Å²) in [6.45, 7) is 3.93. The van der Waals surface area contributed by atoms with Crippen molar-refractivity contribution in [1.82, 2.24) is 4.90 Å². The second kappa shape index (κ2) is 9.30. The fourth-order valence-electron chi connectivity index (χ4n) is 4.96. The van der Waals surface area contributed by atoms with Gasteiger partial charge in [-0.25, -0.2) is 0 Å². The van der Waals surface area contributed by atoms with Crippen molar-refractivity contribution in [2.45, 2.75) is 64.3 Å². The Hall–Kier alpha value is -2.28. The van der Waals surface area contributed by atoms with E-state index >= 15 is 0 Å². The second-order valence-corrected chi connectivity index (χ2v) is 9.38. The standard InChI is InChI=1S/C25H30F3NO3/c1-16-2-7-20(8-3-16)32-22-9-6-18-5-4-17(14-21(18)23(22)25(26,27)28)15-29-12-10-19(11-13-29)24(30)31/h4-6,9,14,16,19-20H,2-3,7-8,10-13,15H2,1H3,(H,30,31). The summed E-state index contributed by atoms with van der Waals surface area (Å²) >= 11 is 0. The first-order chi connectivity index (χ1) is 15.2. The van der Waals surface area contributed by atoms with Crippen LogP contribution in [0.3, 0.4) is 0 Å². The highest BCUT2D eigenvalue weighted by atomic mass is 19.4. The minimum atomic E-state index is -4.52. The summed E-state index contributed by atoms with van der Waals surface area (Å²) in [6, 6.07) is 8.37. The minimum absolute atomic E-state index is 0.0797. The number of hydrogen-bond acceptors (Lipinski definition) is 3. The highest BCUT2D eigenvalue weighted by molar-refractivity contribution is 5.89. The van der Waals surface area contributed by atoms with Crippen molar-refractivity contribution in [3.63, 3.8) is 0 Å². The van der Waals surface area contributed by atoms with Gasteiger partial charge in [0.25, 0.3) is 0 Å². The number of rotatable bonds is 5. The maximum absolute atomic E-state index is 14.2. The Bertz CT molecular complexity index is 959. The average molecular weight is 450 g/mol. The lowest BCUT2D eigenvalue weighted by molar-refractivity contribution is -0.143. The van der Waals surface area contributed by atoms with E-state index in [4.69, 9.17) is 9.84 Å². The van der Waals surface area contributed by atoms with Gasteiger partial charge in [-0.1, -0.05) is 25.1 Å². The predicted octanol–water partition coefficient (Wildman–Crippen LogP) is 6.11. The number of aliphatic carboxylic acids is 1. The molecule has 0 amide bonds. The molecule has 7 heteroatoms. The van der Waals surface area contributed by atoms with E-state index in [2.05, 4.69) is 11.8 Å². The Labute approximate surface area is 186 Å². The average Bonchev–Trinajstić information content (AvgIpc) is 2.74.